The molecule has 0 aromatic heterocycles. The van der Waals surface area contributed by atoms with Crippen LogP contribution in [-0.2, 0) is 0 Å². The molecule has 0 rings (SSSR count). The highest BCUT2D eigenvalue weighted by atomic mass is 15.2. The molecule has 2 unspecified atom stereocenters. The molecule has 0 aliphatic rings. The van der Waals surface area contributed by atoms with E-state index in [1.807, 2.05) is 0 Å². The van der Waals surface area contributed by atoms with Crippen molar-refractivity contribution in [2.75, 3.05) is 7.05 Å². The van der Waals surface area contributed by atoms with Gasteiger partial charge in [0, 0.05) is 12.1 Å². The smallest absolute Gasteiger partial charge is 0.0638 e. The number of rotatable bonds is 4. The molecule has 2 heteroatoms. The number of nitrogens with zero attached hydrogens (tertiary/aromatic N) is 2. The summed E-state index contributed by atoms with van der Waals surface area (Å²) in [5.41, 5.74) is 0.275. The van der Waals surface area contributed by atoms with E-state index in [0.29, 0.717) is 18.5 Å². The monoisotopic (exact) mass is 196 g/mol. The van der Waals surface area contributed by atoms with Crippen LogP contribution in [0.15, 0.2) is 0 Å². The molecule has 0 amide bonds. The number of nitriles is 1. The SMILES string of the molecule is CCC(CC#N)N(C)C(C)C(C)(C)C. The summed E-state index contributed by atoms with van der Waals surface area (Å²) in [6.45, 7) is 11.1. The minimum absolute atomic E-state index is 0.275. The molecule has 0 bridgehead atoms. The Labute approximate surface area is 88.9 Å². The first kappa shape index (κ1) is 13.4. The molecule has 0 spiro atoms. The van der Waals surface area contributed by atoms with E-state index in [9.17, 15) is 0 Å². The summed E-state index contributed by atoms with van der Waals surface area (Å²) in [7, 11) is 2.13. The predicted molar refractivity (Wildman–Crippen MR) is 61.0 cm³/mol. The fraction of sp³-hybridized carbons (Fsp3) is 0.917. The molecule has 2 nitrogen and oxygen atoms in total. The van der Waals surface area contributed by atoms with Crippen molar-refractivity contribution >= 4 is 0 Å². The maximum absolute atomic E-state index is 8.72. The molecular formula is C12H24N2. The lowest BCUT2D eigenvalue weighted by molar-refractivity contribution is 0.0965. The van der Waals surface area contributed by atoms with Gasteiger partial charge >= 0.3 is 0 Å². The maximum atomic E-state index is 8.72. The van der Waals surface area contributed by atoms with Crippen LogP contribution in [0.5, 0.6) is 0 Å². The van der Waals surface area contributed by atoms with E-state index in [1.54, 1.807) is 0 Å². The van der Waals surface area contributed by atoms with Crippen LogP contribution in [0.2, 0.25) is 0 Å². The van der Waals surface area contributed by atoms with E-state index in [-0.39, 0.29) is 5.41 Å². The normalized spacial score (nSPS) is 16.4. The van der Waals surface area contributed by atoms with Crippen LogP contribution in [0.4, 0.5) is 0 Å². The van der Waals surface area contributed by atoms with Crippen molar-refractivity contribution in [3.63, 3.8) is 0 Å². The summed E-state index contributed by atoms with van der Waals surface area (Å²) in [6, 6.07) is 3.16. The minimum Gasteiger partial charge on any atom is -0.299 e. The first-order valence-corrected chi connectivity index (χ1v) is 5.43. The van der Waals surface area contributed by atoms with Gasteiger partial charge in [-0.25, -0.2) is 0 Å². The Balaban J connectivity index is 4.43. The van der Waals surface area contributed by atoms with Gasteiger partial charge < -0.3 is 0 Å². The topological polar surface area (TPSA) is 27.0 Å². The van der Waals surface area contributed by atoms with Crippen LogP contribution in [0.3, 0.4) is 0 Å². The Hall–Kier alpha value is -0.550. The first-order valence-electron chi connectivity index (χ1n) is 5.43. The molecular weight excluding hydrogens is 172 g/mol. The third kappa shape index (κ3) is 3.67. The molecule has 0 heterocycles. The summed E-state index contributed by atoms with van der Waals surface area (Å²) in [5, 5.41) is 8.72. The Morgan fingerprint density at radius 1 is 1.36 bits per heavy atom. The van der Waals surface area contributed by atoms with Crippen molar-refractivity contribution in [2.45, 2.75) is 59.5 Å². The lowest BCUT2D eigenvalue weighted by Gasteiger charge is -2.39. The highest BCUT2D eigenvalue weighted by Crippen LogP contribution is 2.25. The first-order chi connectivity index (χ1) is 6.34. The van der Waals surface area contributed by atoms with E-state index in [1.165, 1.54) is 0 Å². The van der Waals surface area contributed by atoms with E-state index in [2.05, 4.69) is 52.6 Å². The third-order valence-electron chi connectivity index (χ3n) is 3.24. The molecule has 0 aromatic rings. The Bertz CT molecular complexity index is 197. The quantitative estimate of drug-likeness (QED) is 0.691. The van der Waals surface area contributed by atoms with Crippen LogP contribution >= 0.6 is 0 Å². The van der Waals surface area contributed by atoms with Crippen molar-refractivity contribution in [3.8, 4) is 6.07 Å². The van der Waals surface area contributed by atoms with Crippen molar-refractivity contribution in [3.05, 3.63) is 0 Å². The Morgan fingerprint density at radius 2 is 1.86 bits per heavy atom. The Morgan fingerprint density at radius 3 is 2.14 bits per heavy atom. The molecule has 0 aromatic carbocycles. The van der Waals surface area contributed by atoms with Gasteiger partial charge in [0.1, 0.15) is 0 Å². The van der Waals surface area contributed by atoms with Gasteiger partial charge in [0.05, 0.1) is 12.5 Å². The van der Waals surface area contributed by atoms with Gasteiger partial charge in [-0.1, -0.05) is 27.7 Å². The van der Waals surface area contributed by atoms with Gasteiger partial charge in [-0.05, 0) is 25.8 Å². The van der Waals surface area contributed by atoms with Gasteiger partial charge in [0.2, 0.25) is 0 Å². The zero-order valence-corrected chi connectivity index (χ0v) is 10.5. The molecule has 0 saturated heterocycles. The Kier molecular flexibility index (Phi) is 5.15. The van der Waals surface area contributed by atoms with Crippen LogP contribution in [-0.4, -0.2) is 24.0 Å². The van der Waals surface area contributed by atoms with Gasteiger partial charge in [0.25, 0.3) is 0 Å². The largest absolute Gasteiger partial charge is 0.299 e. The van der Waals surface area contributed by atoms with Crippen molar-refractivity contribution in [2.24, 2.45) is 5.41 Å². The number of hydrogen-bond acceptors (Lipinski definition) is 2. The van der Waals surface area contributed by atoms with Crippen LogP contribution in [0, 0.1) is 16.7 Å². The molecule has 0 saturated carbocycles. The maximum Gasteiger partial charge on any atom is 0.0638 e. The zero-order chi connectivity index (χ0) is 11.4. The van der Waals surface area contributed by atoms with E-state index in [4.69, 9.17) is 5.26 Å². The van der Waals surface area contributed by atoms with E-state index < -0.39 is 0 Å². The van der Waals surface area contributed by atoms with Crippen LogP contribution in [0.25, 0.3) is 0 Å². The van der Waals surface area contributed by atoms with Gasteiger partial charge in [0.15, 0.2) is 0 Å². The average molecular weight is 196 g/mol. The highest BCUT2D eigenvalue weighted by molar-refractivity contribution is 4.86. The molecule has 0 aliphatic carbocycles. The van der Waals surface area contributed by atoms with Gasteiger partial charge in [-0.15, -0.1) is 0 Å². The van der Waals surface area contributed by atoms with Gasteiger partial charge in [-0.2, -0.15) is 5.26 Å². The van der Waals surface area contributed by atoms with Crippen LogP contribution in [0.1, 0.15) is 47.5 Å². The standard InChI is InChI=1S/C12H24N2/c1-7-11(8-9-13)14(6)10(2)12(3,4)5/h10-11H,7-8H2,1-6H3. The lowest BCUT2D eigenvalue weighted by atomic mass is 9.86. The third-order valence-corrected chi connectivity index (χ3v) is 3.24. The summed E-state index contributed by atoms with van der Waals surface area (Å²) in [5.74, 6) is 0. The zero-order valence-electron chi connectivity index (χ0n) is 10.5. The molecule has 0 fully saturated rings. The molecule has 0 N–H and O–H groups in total. The second kappa shape index (κ2) is 5.36. The fourth-order valence-electron chi connectivity index (χ4n) is 1.61. The number of hydrogen-bond donors (Lipinski definition) is 0. The second-order valence-electron chi connectivity index (χ2n) is 5.13. The van der Waals surface area contributed by atoms with E-state index in [0.717, 1.165) is 6.42 Å². The minimum atomic E-state index is 0.275. The second-order valence-corrected chi connectivity index (χ2v) is 5.13. The summed E-state index contributed by atoms with van der Waals surface area (Å²) < 4.78 is 0. The molecule has 0 radical (unpaired) electrons. The van der Waals surface area contributed by atoms with Crippen molar-refractivity contribution < 1.29 is 0 Å². The van der Waals surface area contributed by atoms with E-state index >= 15 is 0 Å². The molecule has 0 aliphatic heterocycles. The molecule has 2 atom stereocenters. The fourth-order valence-corrected chi connectivity index (χ4v) is 1.61. The summed E-state index contributed by atoms with van der Waals surface area (Å²) in [6.07, 6.45) is 1.68. The predicted octanol–water partition coefficient (Wildman–Crippen LogP) is 3.05. The van der Waals surface area contributed by atoms with Gasteiger partial charge in [-0.3, -0.25) is 4.90 Å². The average Bonchev–Trinajstić information content (AvgIpc) is 2.10. The van der Waals surface area contributed by atoms with Crippen LogP contribution < -0.4 is 0 Å². The lowest BCUT2D eigenvalue weighted by Crippen LogP contribution is -2.45. The molecule has 14 heavy (non-hydrogen) atoms. The highest BCUT2D eigenvalue weighted by Gasteiger charge is 2.27. The molecule has 82 valence electrons. The summed E-state index contributed by atoms with van der Waals surface area (Å²) >= 11 is 0. The van der Waals surface area contributed by atoms with Crippen molar-refractivity contribution in [1.29, 1.82) is 5.26 Å². The van der Waals surface area contributed by atoms with Crippen molar-refractivity contribution in [1.82, 2.24) is 4.90 Å². The summed E-state index contributed by atoms with van der Waals surface area (Å²) in [4.78, 5) is 2.34.